The number of carbonyl (C=O) groups is 2. The zero-order valence-corrected chi connectivity index (χ0v) is 22.4. The number of nitrogens with zero attached hydrogens (tertiary/aromatic N) is 4. The van der Waals surface area contributed by atoms with Crippen molar-refractivity contribution in [3.05, 3.63) is 29.2 Å². The lowest BCUT2D eigenvalue weighted by atomic mass is 9.89. The van der Waals surface area contributed by atoms with Crippen molar-refractivity contribution in [3.8, 4) is 11.1 Å². The van der Waals surface area contributed by atoms with Crippen molar-refractivity contribution in [2.45, 2.75) is 78.5 Å². The Labute approximate surface area is 216 Å². The summed E-state index contributed by atoms with van der Waals surface area (Å²) in [5, 5.41) is 11.0. The van der Waals surface area contributed by atoms with Crippen LogP contribution in [0.5, 0.6) is 0 Å². The fraction of sp³-hybridized carbons (Fsp3) is 0.615. The van der Waals surface area contributed by atoms with Crippen molar-refractivity contribution in [2.24, 2.45) is 10.8 Å². The summed E-state index contributed by atoms with van der Waals surface area (Å²) in [6.45, 7) is 12.2. The van der Waals surface area contributed by atoms with Gasteiger partial charge in [-0.15, -0.1) is 0 Å². The molecule has 9 nitrogen and oxygen atoms in total. The standard InChI is InChI=1S/C26H35ClN6O3/c1-24(2,3)36-23(35)32-8-6-26(7-9-32)12-20(26)30-22(34)31-21-10-16(18(27)14-28-21)17-13-29-33-15-25(4,5)11-19(17)33/h10,13-14,20H,6-9,11-12,15H2,1-5H3,(H2,28,30,31,34). The first-order valence-corrected chi connectivity index (χ1v) is 13.0. The number of aromatic nitrogens is 3. The first kappa shape index (κ1) is 24.9. The predicted octanol–water partition coefficient (Wildman–Crippen LogP) is 5.09. The molecule has 0 aromatic carbocycles. The van der Waals surface area contributed by atoms with E-state index in [4.69, 9.17) is 16.3 Å². The van der Waals surface area contributed by atoms with Crippen LogP contribution in [0.4, 0.5) is 15.4 Å². The van der Waals surface area contributed by atoms with Crippen LogP contribution in [0, 0.1) is 10.8 Å². The zero-order chi connectivity index (χ0) is 25.9. The Morgan fingerprint density at radius 3 is 2.58 bits per heavy atom. The lowest BCUT2D eigenvalue weighted by molar-refractivity contribution is 0.0169. The molecule has 0 radical (unpaired) electrons. The largest absolute Gasteiger partial charge is 0.444 e. The summed E-state index contributed by atoms with van der Waals surface area (Å²) in [5.41, 5.74) is 2.66. The number of pyridine rings is 1. The lowest BCUT2D eigenvalue weighted by Crippen LogP contribution is -2.44. The number of anilines is 1. The minimum absolute atomic E-state index is 0.0555. The second-order valence-corrected chi connectivity index (χ2v) is 12.6. The molecule has 10 heteroatoms. The number of rotatable bonds is 3. The molecule has 0 bridgehead atoms. The lowest BCUT2D eigenvalue weighted by Gasteiger charge is -2.34. The van der Waals surface area contributed by atoms with E-state index in [1.807, 2.05) is 37.7 Å². The number of ether oxygens (including phenoxy) is 1. The number of hydrogen-bond donors (Lipinski definition) is 2. The molecule has 1 saturated heterocycles. The van der Waals surface area contributed by atoms with Gasteiger partial charge in [0.25, 0.3) is 0 Å². The molecule has 1 spiro atoms. The highest BCUT2D eigenvalue weighted by Gasteiger charge is 2.56. The van der Waals surface area contributed by atoms with Crippen molar-refractivity contribution < 1.29 is 14.3 Å². The van der Waals surface area contributed by atoms with Gasteiger partial charge in [0, 0.05) is 48.7 Å². The molecule has 3 amide bonds. The summed E-state index contributed by atoms with van der Waals surface area (Å²) < 4.78 is 7.52. The first-order valence-electron chi connectivity index (χ1n) is 12.6. The molecule has 2 aliphatic heterocycles. The number of nitrogens with one attached hydrogen (secondary N) is 2. The molecule has 2 aromatic heterocycles. The van der Waals surface area contributed by atoms with Gasteiger partial charge < -0.3 is 15.0 Å². The van der Waals surface area contributed by atoms with E-state index in [0.717, 1.165) is 49.0 Å². The summed E-state index contributed by atoms with van der Waals surface area (Å²) in [5.74, 6) is 0.443. The molecule has 2 aromatic rings. The van der Waals surface area contributed by atoms with Crippen LogP contribution in [0.3, 0.4) is 0 Å². The topological polar surface area (TPSA) is 101 Å². The number of urea groups is 1. The van der Waals surface area contributed by atoms with Crippen LogP contribution in [0.15, 0.2) is 18.5 Å². The molecule has 194 valence electrons. The molecule has 2 N–H and O–H groups in total. The maximum Gasteiger partial charge on any atom is 0.410 e. The molecule has 3 aliphatic rings. The third-order valence-corrected chi connectivity index (χ3v) is 7.77. The Morgan fingerprint density at radius 2 is 1.89 bits per heavy atom. The van der Waals surface area contributed by atoms with Crippen molar-refractivity contribution in [1.29, 1.82) is 0 Å². The smallest absolute Gasteiger partial charge is 0.410 e. The van der Waals surface area contributed by atoms with E-state index in [-0.39, 0.29) is 29.0 Å². The molecule has 5 rings (SSSR count). The number of amides is 3. The molecule has 2 fully saturated rings. The number of carbonyl (C=O) groups excluding carboxylic acids is 2. The average Bonchev–Trinajstić information content (AvgIpc) is 3.10. The van der Waals surface area contributed by atoms with Gasteiger partial charge in [-0.05, 0) is 63.4 Å². The Morgan fingerprint density at radius 1 is 1.17 bits per heavy atom. The third-order valence-electron chi connectivity index (χ3n) is 7.47. The summed E-state index contributed by atoms with van der Waals surface area (Å²) in [6.07, 6.45) is 6.68. The molecular formula is C26H35ClN6O3. The summed E-state index contributed by atoms with van der Waals surface area (Å²) >= 11 is 6.49. The van der Waals surface area contributed by atoms with E-state index < -0.39 is 5.60 Å². The summed E-state index contributed by atoms with van der Waals surface area (Å²) in [4.78, 5) is 31.2. The highest BCUT2D eigenvalue weighted by Crippen LogP contribution is 2.54. The maximum absolute atomic E-state index is 12.8. The number of likely N-dealkylation sites (tertiary alicyclic amines) is 1. The average molecular weight is 515 g/mol. The van der Waals surface area contributed by atoms with Crippen LogP contribution in [0.1, 0.15) is 59.6 Å². The Bertz CT molecular complexity index is 1190. The molecule has 1 saturated carbocycles. The van der Waals surface area contributed by atoms with Gasteiger partial charge in [-0.1, -0.05) is 25.4 Å². The third kappa shape index (κ3) is 5.03. The molecule has 36 heavy (non-hydrogen) atoms. The van der Waals surface area contributed by atoms with E-state index in [1.54, 1.807) is 11.1 Å². The van der Waals surface area contributed by atoms with Crippen LogP contribution in [0.2, 0.25) is 5.02 Å². The molecular weight excluding hydrogens is 480 g/mol. The second kappa shape index (κ2) is 8.64. The molecule has 1 aliphatic carbocycles. The zero-order valence-electron chi connectivity index (χ0n) is 21.7. The van der Waals surface area contributed by atoms with Crippen LogP contribution < -0.4 is 10.6 Å². The van der Waals surface area contributed by atoms with Gasteiger partial charge in [-0.3, -0.25) is 10.00 Å². The van der Waals surface area contributed by atoms with Crippen LogP contribution in [0.25, 0.3) is 11.1 Å². The Hall–Kier alpha value is -2.81. The van der Waals surface area contributed by atoms with Gasteiger partial charge in [-0.25, -0.2) is 14.6 Å². The predicted molar refractivity (Wildman–Crippen MR) is 138 cm³/mol. The van der Waals surface area contributed by atoms with Gasteiger partial charge in [0.1, 0.15) is 11.4 Å². The van der Waals surface area contributed by atoms with E-state index in [2.05, 4.69) is 34.6 Å². The number of fused-ring (bicyclic) bond motifs is 1. The highest BCUT2D eigenvalue weighted by atomic mass is 35.5. The van der Waals surface area contributed by atoms with E-state index in [0.29, 0.717) is 23.9 Å². The van der Waals surface area contributed by atoms with Crippen molar-refractivity contribution in [3.63, 3.8) is 0 Å². The maximum atomic E-state index is 12.8. The quantitative estimate of drug-likeness (QED) is 0.594. The van der Waals surface area contributed by atoms with Gasteiger partial charge in [-0.2, -0.15) is 5.10 Å². The van der Waals surface area contributed by atoms with Crippen molar-refractivity contribution in [2.75, 3.05) is 18.4 Å². The first-order chi connectivity index (χ1) is 16.8. The Balaban J connectivity index is 1.18. The molecule has 1 atom stereocenters. The second-order valence-electron chi connectivity index (χ2n) is 12.2. The number of halogens is 1. The van der Waals surface area contributed by atoms with Gasteiger partial charge >= 0.3 is 12.1 Å². The van der Waals surface area contributed by atoms with Crippen molar-refractivity contribution in [1.82, 2.24) is 25.0 Å². The normalized spacial score (nSPS) is 21.7. The van der Waals surface area contributed by atoms with Gasteiger partial charge in [0.15, 0.2) is 0 Å². The van der Waals surface area contributed by atoms with Crippen molar-refractivity contribution >= 4 is 29.5 Å². The number of hydrogen-bond acceptors (Lipinski definition) is 5. The van der Waals surface area contributed by atoms with E-state index >= 15 is 0 Å². The van der Waals surface area contributed by atoms with Crippen LogP contribution in [-0.2, 0) is 17.7 Å². The minimum atomic E-state index is -0.502. The SMILES string of the molecule is CC1(C)Cc2c(-c3cc(NC(=O)NC4CC45CCN(C(=O)OC(C)(C)C)CC5)ncc3Cl)cnn2C1. The van der Waals surface area contributed by atoms with Gasteiger partial charge in [0.2, 0.25) is 0 Å². The highest BCUT2D eigenvalue weighted by molar-refractivity contribution is 6.33. The summed E-state index contributed by atoms with van der Waals surface area (Å²) in [6, 6.07) is 1.62. The van der Waals surface area contributed by atoms with E-state index in [9.17, 15) is 9.59 Å². The van der Waals surface area contributed by atoms with Crippen LogP contribution in [-0.4, -0.2) is 56.5 Å². The molecule has 4 heterocycles. The fourth-order valence-electron chi connectivity index (χ4n) is 5.46. The number of piperidine rings is 1. The van der Waals surface area contributed by atoms with E-state index in [1.165, 1.54) is 0 Å². The van der Waals surface area contributed by atoms with Crippen LogP contribution >= 0.6 is 11.6 Å². The fourth-order valence-corrected chi connectivity index (χ4v) is 5.67. The monoisotopic (exact) mass is 514 g/mol. The minimum Gasteiger partial charge on any atom is -0.444 e. The Kier molecular flexibility index (Phi) is 5.97. The molecule has 1 unspecified atom stereocenters. The van der Waals surface area contributed by atoms with Gasteiger partial charge in [0.05, 0.1) is 11.2 Å². The summed E-state index contributed by atoms with van der Waals surface area (Å²) in [7, 11) is 0.